The lowest BCUT2D eigenvalue weighted by atomic mass is 10.00. The van der Waals surface area contributed by atoms with Gasteiger partial charge >= 0.3 is 11.7 Å². The van der Waals surface area contributed by atoms with Gasteiger partial charge in [-0.15, -0.1) is 0 Å². The summed E-state index contributed by atoms with van der Waals surface area (Å²) in [7, 11) is 0. The highest BCUT2D eigenvalue weighted by atomic mass is 16.4. The number of carbonyl (C=O) groups excluding carboxylic acids is 1. The fourth-order valence-corrected chi connectivity index (χ4v) is 2.40. The van der Waals surface area contributed by atoms with E-state index < -0.39 is 35.5 Å². The zero-order valence-electron chi connectivity index (χ0n) is 9.80. The first-order valence-corrected chi connectivity index (χ1v) is 5.90. The molecule has 8 nitrogen and oxygen atoms in total. The van der Waals surface area contributed by atoms with E-state index >= 15 is 0 Å². The molecule has 2 aliphatic rings. The Bertz CT molecular complexity index is 697. The topological polar surface area (TPSA) is 121 Å². The number of nitrogens with zero attached hydrogens (tertiary/aromatic N) is 1. The average molecular weight is 265 g/mol. The fourth-order valence-electron chi connectivity index (χ4n) is 2.40. The second-order valence-corrected chi connectivity index (χ2v) is 4.76. The molecule has 8 heteroatoms. The number of carbonyl (C=O) groups is 2. The van der Waals surface area contributed by atoms with Crippen molar-refractivity contribution in [2.45, 2.75) is 31.2 Å². The Morgan fingerprint density at radius 3 is 2.58 bits per heavy atom. The van der Waals surface area contributed by atoms with E-state index in [2.05, 4.69) is 10.3 Å². The number of H-pyrrole nitrogens is 1. The molecule has 1 aliphatic heterocycles. The van der Waals surface area contributed by atoms with Gasteiger partial charge in [0.2, 0.25) is 5.91 Å². The Hall–Kier alpha value is -2.38. The second kappa shape index (κ2) is 3.81. The quantitative estimate of drug-likeness (QED) is 0.672. The number of aliphatic carboxylic acids is 1. The van der Waals surface area contributed by atoms with Gasteiger partial charge in [0.15, 0.2) is 0 Å². The van der Waals surface area contributed by atoms with E-state index in [1.165, 1.54) is 4.57 Å². The largest absolute Gasteiger partial charge is 0.481 e. The molecular formula is C11H11N3O5. The molecule has 0 spiro atoms. The van der Waals surface area contributed by atoms with E-state index in [4.69, 9.17) is 5.11 Å². The van der Waals surface area contributed by atoms with Gasteiger partial charge in [0.05, 0.1) is 17.9 Å². The van der Waals surface area contributed by atoms with Crippen molar-refractivity contribution in [3.05, 3.63) is 26.4 Å². The summed E-state index contributed by atoms with van der Waals surface area (Å²) in [4.78, 5) is 48.3. The zero-order valence-corrected chi connectivity index (χ0v) is 9.80. The van der Waals surface area contributed by atoms with Gasteiger partial charge in [-0.05, 0) is 12.8 Å². The standard InChI is InChI=1S/C11H11N3O5/c15-6(16)3-5-7-8(12-9(5)17)14(4-1-2-4)11(19)13-10(7)18/h4-5H,1-3H2,(H,12,17)(H,15,16)(H,13,18,19)/t5-/m1/s1. The van der Waals surface area contributed by atoms with Gasteiger partial charge in [-0.1, -0.05) is 0 Å². The third-order valence-electron chi connectivity index (χ3n) is 3.38. The van der Waals surface area contributed by atoms with Crippen LogP contribution < -0.4 is 16.6 Å². The van der Waals surface area contributed by atoms with Crippen LogP contribution in [0.1, 0.15) is 36.8 Å². The van der Waals surface area contributed by atoms with Crippen LogP contribution in [0.5, 0.6) is 0 Å². The molecule has 2 heterocycles. The molecule has 0 aromatic carbocycles. The van der Waals surface area contributed by atoms with Crippen LogP contribution >= 0.6 is 0 Å². The number of anilines is 1. The molecule has 1 saturated carbocycles. The highest BCUT2D eigenvalue weighted by Gasteiger charge is 2.40. The smallest absolute Gasteiger partial charge is 0.330 e. The first-order chi connectivity index (χ1) is 8.99. The fraction of sp³-hybridized carbons (Fsp3) is 0.455. The number of hydrogen-bond donors (Lipinski definition) is 3. The summed E-state index contributed by atoms with van der Waals surface area (Å²) in [5, 5.41) is 11.3. The van der Waals surface area contributed by atoms with E-state index in [-0.39, 0.29) is 17.4 Å². The SMILES string of the molecule is O=C(O)C[C@H]1C(=O)Nc2c1c(=O)[nH]c(=O)n2C1CC1. The second-order valence-electron chi connectivity index (χ2n) is 4.76. The summed E-state index contributed by atoms with van der Waals surface area (Å²) in [5.74, 6) is -2.60. The van der Waals surface area contributed by atoms with Gasteiger partial charge in [-0.3, -0.25) is 23.9 Å². The number of nitrogens with one attached hydrogen (secondary N) is 2. The van der Waals surface area contributed by atoms with Crippen molar-refractivity contribution in [1.29, 1.82) is 0 Å². The summed E-state index contributed by atoms with van der Waals surface area (Å²) >= 11 is 0. The molecule has 1 aliphatic carbocycles. The number of amides is 1. The first-order valence-electron chi connectivity index (χ1n) is 5.90. The summed E-state index contributed by atoms with van der Waals surface area (Å²) in [5.41, 5.74) is -1.21. The minimum Gasteiger partial charge on any atom is -0.481 e. The average Bonchev–Trinajstić information content (AvgIpc) is 3.05. The summed E-state index contributed by atoms with van der Waals surface area (Å²) in [6.45, 7) is 0. The minimum atomic E-state index is -1.17. The van der Waals surface area contributed by atoms with Crippen molar-refractivity contribution in [2.75, 3.05) is 5.32 Å². The van der Waals surface area contributed by atoms with Crippen LogP contribution in [0, 0.1) is 0 Å². The Labute approximate surface area is 106 Å². The molecule has 0 radical (unpaired) electrons. The van der Waals surface area contributed by atoms with Crippen LogP contribution in [-0.2, 0) is 9.59 Å². The molecule has 3 N–H and O–H groups in total. The molecule has 0 bridgehead atoms. The number of fused-ring (bicyclic) bond motifs is 1. The maximum absolute atomic E-state index is 11.8. The van der Waals surface area contributed by atoms with E-state index in [0.717, 1.165) is 12.8 Å². The normalized spacial score (nSPS) is 21.1. The number of hydrogen-bond acceptors (Lipinski definition) is 4. The van der Waals surface area contributed by atoms with Gasteiger partial charge in [0, 0.05) is 6.04 Å². The van der Waals surface area contributed by atoms with Gasteiger partial charge < -0.3 is 10.4 Å². The van der Waals surface area contributed by atoms with Crippen molar-refractivity contribution >= 4 is 17.7 Å². The van der Waals surface area contributed by atoms with Crippen LogP contribution in [0.2, 0.25) is 0 Å². The van der Waals surface area contributed by atoms with Crippen LogP contribution in [0.4, 0.5) is 5.82 Å². The molecule has 1 aromatic heterocycles. The van der Waals surface area contributed by atoms with E-state index in [1.807, 2.05) is 0 Å². The third-order valence-corrected chi connectivity index (χ3v) is 3.38. The van der Waals surface area contributed by atoms with Crippen molar-refractivity contribution < 1.29 is 14.7 Å². The first kappa shape index (κ1) is 11.7. The Morgan fingerprint density at radius 2 is 2.00 bits per heavy atom. The van der Waals surface area contributed by atoms with Crippen LogP contribution in [-0.4, -0.2) is 26.5 Å². The Morgan fingerprint density at radius 1 is 1.32 bits per heavy atom. The van der Waals surface area contributed by atoms with Crippen molar-refractivity contribution in [1.82, 2.24) is 9.55 Å². The number of carboxylic acids is 1. The van der Waals surface area contributed by atoms with Gasteiger partial charge in [0.1, 0.15) is 5.82 Å². The molecule has 1 aromatic rings. The molecular weight excluding hydrogens is 254 g/mol. The van der Waals surface area contributed by atoms with E-state index in [0.29, 0.717) is 0 Å². The van der Waals surface area contributed by atoms with E-state index in [1.54, 1.807) is 0 Å². The summed E-state index contributed by atoms with van der Waals surface area (Å²) in [6, 6.07) is -0.0259. The van der Waals surface area contributed by atoms with E-state index in [9.17, 15) is 19.2 Å². The third kappa shape index (κ3) is 1.76. The highest BCUT2D eigenvalue weighted by Crippen LogP contribution is 2.39. The van der Waals surface area contributed by atoms with Gasteiger partial charge in [-0.2, -0.15) is 0 Å². The van der Waals surface area contributed by atoms with Gasteiger partial charge in [0.25, 0.3) is 5.56 Å². The number of rotatable bonds is 3. The molecule has 19 heavy (non-hydrogen) atoms. The maximum Gasteiger partial charge on any atom is 0.330 e. The van der Waals surface area contributed by atoms with Gasteiger partial charge in [-0.25, -0.2) is 4.79 Å². The summed E-state index contributed by atoms with van der Waals surface area (Å²) < 4.78 is 1.34. The van der Waals surface area contributed by atoms with Crippen LogP contribution in [0.15, 0.2) is 9.59 Å². The van der Waals surface area contributed by atoms with Crippen molar-refractivity contribution in [3.63, 3.8) is 0 Å². The molecule has 1 fully saturated rings. The maximum atomic E-state index is 11.8. The zero-order chi connectivity index (χ0) is 13.7. The lowest BCUT2D eigenvalue weighted by Gasteiger charge is -2.09. The molecule has 0 saturated heterocycles. The predicted octanol–water partition coefficient (Wildman–Crippen LogP) is -0.618. The molecule has 1 amide bonds. The lowest BCUT2D eigenvalue weighted by molar-refractivity contribution is -0.138. The monoisotopic (exact) mass is 265 g/mol. The Kier molecular flexibility index (Phi) is 2.34. The highest BCUT2D eigenvalue weighted by molar-refractivity contribution is 6.03. The summed E-state index contributed by atoms with van der Waals surface area (Å²) in [6.07, 6.45) is 1.14. The Balaban J connectivity index is 2.20. The predicted molar refractivity (Wildman–Crippen MR) is 63.2 cm³/mol. The number of aromatic nitrogens is 2. The number of carboxylic acid groups (broad SMARTS) is 1. The van der Waals surface area contributed by atoms with Crippen molar-refractivity contribution in [2.24, 2.45) is 0 Å². The molecule has 100 valence electrons. The van der Waals surface area contributed by atoms with Crippen molar-refractivity contribution in [3.8, 4) is 0 Å². The molecule has 3 rings (SSSR count). The number of aromatic amines is 1. The van der Waals surface area contributed by atoms with Crippen LogP contribution in [0.25, 0.3) is 0 Å². The molecule has 1 atom stereocenters. The lowest BCUT2D eigenvalue weighted by Crippen LogP contribution is -2.32. The minimum absolute atomic E-state index is 0.0259. The van der Waals surface area contributed by atoms with Crippen LogP contribution in [0.3, 0.4) is 0 Å². The molecule has 0 unspecified atom stereocenters.